The van der Waals surface area contributed by atoms with Crippen LogP contribution in [-0.4, -0.2) is 23.0 Å². The summed E-state index contributed by atoms with van der Waals surface area (Å²) >= 11 is 0. The van der Waals surface area contributed by atoms with E-state index in [2.05, 4.69) is 80.8 Å². The molecule has 0 aliphatic carbocycles. The van der Waals surface area contributed by atoms with Crippen molar-refractivity contribution in [3.8, 4) is 22.5 Å². The fraction of sp³-hybridized carbons (Fsp3) is 0.250. The third kappa shape index (κ3) is 7.30. The molecule has 0 N–H and O–H groups in total. The predicted molar refractivity (Wildman–Crippen MR) is 173 cm³/mol. The molecule has 0 aliphatic heterocycles. The van der Waals surface area contributed by atoms with E-state index in [1.165, 1.54) is 10.8 Å². The van der Waals surface area contributed by atoms with Crippen molar-refractivity contribution in [3.63, 3.8) is 0 Å². The molecule has 4 nitrogen and oxygen atoms in total. The Kier molecular flexibility index (Phi) is 9.62. The Morgan fingerprint density at radius 2 is 1.62 bits per heavy atom. The number of hydrogen-bond donors (Lipinski definition) is 0. The molecule has 6 rings (SSSR count). The van der Waals surface area contributed by atoms with Gasteiger partial charge in [0, 0.05) is 44.1 Å². The van der Waals surface area contributed by atoms with Gasteiger partial charge in [-0.1, -0.05) is 74.6 Å². The Morgan fingerprint density at radius 3 is 2.31 bits per heavy atom. The van der Waals surface area contributed by atoms with Gasteiger partial charge in [-0.15, -0.1) is 54.1 Å². The van der Waals surface area contributed by atoms with Gasteiger partial charge in [-0.25, -0.2) is 4.98 Å². The Bertz CT molecular complexity index is 1800. The minimum absolute atomic E-state index is 0. The molecule has 4 aromatic heterocycles. The normalized spacial score (nSPS) is 11.6. The minimum atomic E-state index is -1.37. The van der Waals surface area contributed by atoms with E-state index in [1.54, 1.807) is 12.4 Å². The second kappa shape index (κ2) is 12.8. The summed E-state index contributed by atoms with van der Waals surface area (Å²) in [5.74, 6) is 0. The van der Waals surface area contributed by atoms with Gasteiger partial charge in [0.2, 0.25) is 5.71 Å². The van der Waals surface area contributed by atoms with E-state index in [0.29, 0.717) is 5.71 Å². The van der Waals surface area contributed by atoms with Gasteiger partial charge in [-0.2, -0.15) is 0 Å². The van der Waals surface area contributed by atoms with E-state index in [-0.39, 0.29) is 25.5 Å². The van der Waals surface area contributed by atoms with Crippen molar-refractivity contribution in [2.75, 3.05) is 0 Å². The molecular weight excluding hydrogens is 711 g/mol. The summed E-state index contributed by atoms with van der Waals surface area (Å²) in [4.78, 5) is 13.4. The first-order valence-corrected chi connectivity index (χ1v) is 17.6. The van der Waals surface area contributed by atoms with Crippen LogP contribution in [-0.2, 0) is 26.5 Å². The zero-order valence-corrected chi connectivity index (χ0v) is 28.8. The largest absolute Gasteiger partial charge is 0.486 e. The predicted octanol–water partition coefficient (Wildman–Crippen LogP) is 8.83. The van der Waals surface area contributed by atoms with Gasteiger partial charge < -0.3 is 14.4 Å². The SMILES string of the molecule is CC(C)(C)Cc1cc(-c2[c-]cccc2)ncc1[Si](C)(C)C.Cc1ccnc(-c2[c-]ccc3c2oc2ncccc23)c1.[Ir]. The summed E-state index contributed by atoms with van der Waals surface area (Å²) in [7, 11) is -1.37. The second-order valence-corrected chi connectivity index (χ2v) is 17.8. The van der Waals surface area contributed by atoms with Gasteiger partial charge in [0.05, 0.1) is 13.7 Å². The Morgan fingerprint density at radius 1 is 0.810 bits per heavy atom. The van der Waals surface area contributed by atoms with Crippen LogP contribution in [0.25, 0.3) is 44.6 Å². The number of furan rings is 1. The molecule has 217 valence electrons. The van der Waals surface area contributed by atoms with Crippen molar-refractivity contribution >= 4 is 35.3 Å². The van der Waals surface area contributed by atoms with E-state index in [0.717, 1.165) is 50.9 Å². The van der Waals surface area contributed by atoms with E-state index in [4.69, 9.17) is 9.40 Å². The maximum atomic E-state index is 5.90. The number of aromatic nitrogens is 3. The van der Waals surface area contributed by atoms with Gasteiger partial charge >= 0.3 is 0 Å². The van der Waals surface area contributed by atoms with Gasteiger partial charge in [-0.05, 0) is 53.5 Å². The minimum Gasteiger partial charge on any atom is -0.486 e. The Hall–Kier alpha value is -3.44. The molecule has 42 heavy (non-hydrogen) atoms. The molecule has 0 amide bonds. The van der Waals surface area contributed by atoms with Crippen molar-refractivity contribution in [3.05, 3.63) is 109 Å². The maximum Gasteiger partial charge on any atom is 0.216 e. The number of aryl methyl sites for hydroxylation is 1. The van der Waals surface area contributed by atoms with Crippen LogP contribution >= 0.6 is 0 Å². The van der Waals surface area contributed by atoms with Crippen LogP contribution in [0.3, 0.4) is 0 Å². The first-order valence-electron chi connectivity index (χ1n) is 14.1. The summed E-state index contributed by atoms with van der Waals surface area (Å²) in [5.41, 5.74) is 8.22. The molecule has 0 fully saturated rings. The standard InChI is InChI=1S/C19H26NSi.C17H11N2O.Ir/c1-19(2,3)13-16-12-17(15-10-8-7-9-11-15)20-14-18(16)21(4,5)6;1-11-7-9-18-15(10-11)14-5-2-4-12-13-6-3-8-19-17(13)20-16(12)14;/h7-10,12,14H,13H2,1-6H3;2-4,6-10H,1H3;/q2*-1;. The van der Waals surface area contributed by atoms with Crippen LogP contribution in [0.2, 0.25) is 19.6 Å². The number of rotatable bonds is 4. The van der Waals surface area contributed by atoms with Crippen LogP contribution in [0, 0.1) is 24.5 Å². The molecule has 0 saturated heterocycles. The van der Waals surface area contributed by atoms with E-state index in [9.17, 15) is 0 Å². The molecule has 1 radical (unpaired) electrons. The number of benzene rings is 2. The molecule has 6 heteroatoms. The summed E-state index contributed by atoms with van der Waals surface area (Å²) in [6.07, 6.45) is 6.75. The van der Waals surface area contributed by atoms with Crippen LogP contribution in [0.4, 0.5) is 0 Å². The smallest absolute Gasteiger partial charge is 0.216 e. The van der Waals surface area contributed by atoms with Crippen molar-refractivity contribution < 1.29 is 24.5 Å². The van der Waals surface area contributed by atoms with Gasteiger partial charge in [0.25, 0.3) is 0 Å². The Balaban J connectivity index is 0.000000188. The van der Waals surface area contributed by atoms with Crippen LogP contribution < -0.4 is 5.19 Å². The second-order valence-electron chi connectivity index (χ2n) is 12.8. The summed E-state index contributed by atoms with van der Waals surface area (Å²) < 4.78 is 5.90. The van der Waals surface area contributed by atoms with Crippen molar-refractivity contribution in [2.24, 2.45) is 5.41 Å². The number of pyridine rings is 3. The van der Waals surface area contributed by atoms with E-state index >= 15 is 0 Å². The molecule has 0 aliphatic rings. The van der Waals surface area contributed by atoms with Crippen LogP contribution in [0.1, 0.15) is 31.9 Å². The van der Waals surface area contributed by atoms with Crippen molar-refractivity contribution in [1.82, 2.24) is 15.0 Å². The summed E-state index contributed by atoms with van der Waals surface area (Å²) in [6, 6.07) is 28.7. The molecule has 2 aromatic carbocycles. The van der Waals surface area contributed by atoms with Crippen molar-refractivity contribution in [1.29, 1.82) is 0 Å². The molecule has 0 bridgehead atoms. The molecule has 0 saturated carbocycles. The molecular formula is C36H37IrN3OSi-2. The van der Waals surface area contributed by atoms with E-state index < -0.39 is 8.07 Å². The molecule has 0 unspecified atom stereocenters. The van der Waals surface area contributed by atoms with Gasteiger partial charge in [0.15, 0.2) is 0 Å². The number of nitrogens with zero attached hydrogens (tertiary/aromatic N) is 3. The monoisotopic (exact) mass is 748 g/mol. The molecule has 4 heterocycles. The van der Waals surface area contributed by atoms with Crippen LogP contribution in [0.15, 0.2) is 89.7 Å². The first-order chi connectivity index (χ1) is 19.5. The number of hydrogen-bond acceptors (Lipinski definition) is 4. The van der Waals surface area contributed by atoms with Crippen LogP contribution in [0.5, 0.6) is 0 Å². The zero-order valence-electron chi connectivity index (χ0n) is 25.4. The van der Waals surface area contributed by atoms with Gasteiger partial charge in [-0.3, -0.25) is 0 Å². The zero-order chi connectivity index (χ0) is 29.2. The molecule has 0 atom stereocenters. The van der Waals surface area contributed by atoms with Gasteiger partial charge in [0.1, 0.15) is 0 Å². The first kappa shape index (κ1) is 31.5. The summed E-state index contributed by atoms with van der Waals surface area (Å²) in [6.45, 7) is 16.1. The summed E-state index contributed by atoms with van der Waals surface area (Å²) in [5, 5.41) is 3.55. The molecule has 0 spiro atoms. The fourth-order valence-electron chi connectivity index (χ4n) is 5.03. The van der Waals surface area contributed by atoms with Crippen molar-refractivity contribution in [2.45, 2.75) is 53.8 Å². The topological polar surface area (TPSA) is 51.8 Å². The quantitative estimate of drug-likeness (QED) is 0.134. The number of fused-ring (bicyclic) bond motifs is 3. The maximum absolute atomic E-state index is 5.90. The average molecular weight is 748 g/mol. The van der Waals surface area contributed by atoms with E-state index in [1.807, 2.05) is 61.5 Å². The molecule has 6 aromatic rings. The third-order valence-electron chi connectivity index (χ3n) is 6.88. The third-order valence-corrected chi connectivity index (χ3v) is 8.95. The Labute approximate surface area is 264 Å². The fourth-order valence-corrected chi connectivity index (χ4v) is 6.60. The average Bonchev–Trinajstić information content (AvgIpc) is 3.31.